The van der Waals surface area contributed by atoms with Crippen molar-refractivity contribution in [2.24, 2.45) is 11.7 Å². The van der Waals surface area contributed by atoms with Crippen molar-refractivity contribution in [3.8, 4) is 0 Å². The molecule has 8 nitrogen and oxygen atoms in total. The van der Waals surface area contributed by atoms with Gasteiger partial charge in [0.2, 0.25) is 5.92 Å². The third-order valence-electron chi connectivity index (χ3n) is 6.33. The van der Waals surface area contributed by atoms with Crippen molar-refractivity contribution in [1.29, 1.82) is 0 Å². The molecule has 1 saturated carbocycles. The molecule has 1 aromatic heterocycles. The lowest BCUT2D eigenvalue weighted by Crippen LogP contribution is -2.73. The number of rotatable bonds is 8. The largest absolute Gasteiger partial charge is 0.404 e. The second-order valence-corrected chi connectivity index (χ2v) is 12.1. The number of amides is 1. The Kier molecular flexibility index (Phi) is 8.22. The average Bonchev–Trinajstić information content (AvgIpc) is 3.17. The maximum absolute atomic E-state index is 13.7. The van der Waals surface area contributed by atoms with E-state index in [2.05, 4.69) is 9.71 Å². The summed E-state index contributed by atoms with van der Waals surface area (Å²) in [6, 6.07) is 4.65. The third-order valence-corrected chi connectivity index (χ3v) is 7.63. The average molecular weight is 525 g/mol. The fourth-order valence-corrected chi connectivity index (χ4v) is 5.25. The molecule has 1 heterocycles. The van der Waals surface area contributed by atoms with Gasteiger partial charge in [0, 0.05) is 37.5 Å². The van der Waals surface area contributed by atoms with Crippen LogP contribution in [-0.2, 0) is 26.8 Å². The van der Waals surface area contributed by atoms with Crippen LogP contribution in [0.5, 0.6) is 0 Å². The Hall–Kier alpha value is -2.82. The van der Waals surface area contributed by atoms with E-state index in [9.17, 15) is 22.0 Å². The summed E-state index contributed by atoms with van der Waals surface area (Å²) in [5.74, 6) is -2.21. The predicted octanol–water partition coefficient (Wildman–Crippen LogP) is 2.37. The third kappa shape index (κ3) is 6.48. The molecule has 1 amide bonds. The van der Waals surface area contributed by atoms with Crippen LogP contribution in [0.15, 0.2) is 34.9 Å². The zero-order valence-electron chi connectivity index (χ0n) is 21.3. The number of hydrogen-bond donors (Lipinski definition) is 3. The minimum absolute atomic E-state index is 0.00883. The summed E-state index contributed by atoms with van der Waals surface area (Å²) in [4.78, 5) is 16.8. The molecule has 198 valence electrons. The Balaban J connectivity index is 1.92. The number of nitrogens with two attached hydrogens (primary N) is 1. The molecule has 0 atom stereocenters. The molecule has 11 heteroatoms. The minimum Gasteiger partial charge on any atom is -0.404 e. The fourth-order valence-electron chi connectivity index (χ4n) is 4.31. The van der Waals surface area contributed by atoms with Gasteiger partial charge in [-0.25, -0.2) is 13.8 Å². The Labute approximate surface area is 211 Å². The lowest BCUT2D eigenvalue weighted by Gasteiger charge is -2.30. The first kappa shape index (κ1) is 27.8. The van der Waals surface area contributed by atoms with Crippen molar-refractivity contribution < 1.29 is 26.4 Å². The van der Waals surface area contributed by atoms with Gasteiger partial charge in [0.25, 0.3) is 5.91 Å². The summed E-state index contributed by atoms with van der Waals surface area (Å²) in [7, 11) is -4.00. The van der Waals surface area contributed by atoms with Crippen LogP contribution in [0, 0.1) is 5.92 Å². The van der Waals surface area contributed by atoms with Gasteiger partial charge in [-0.1, -0.05) is 27.7 Å². The summed E-state index contributed by atoms with van der Waals surface area (Å²) in [6.45, 7) is 8.92. The van der Waals surface area contributed by atoms with Crippen LogP contribution in [0.3, 0.4) is 0 Å². The maximum Gasteiger partial charge on any atom is 0.393 e. The number of hydrogen-bond acceptors (Lipinski definition) is 5. The van der Waals surface area contributed by atoms with Crippen molar-refractivity contribution in [1.82, 2.24) is 14.9 Å². The number of aromatic nitrogens is 2. The Morgan fingerprint density at radius 2 is 1.97 bits per heavy atom. The molecule has 36 heavy (non-hydrogen) atoms. The van der Waals surface area contributed by atoms with Crippen LogP contribution in [-0.4, -0.2) is 42.6 Å². The normalized spacial score (nSPS) is 17.7. The van der Waals surface area contributed by atoms with Crippen LogP contribution in [0.4, 0.5) is 8.78 Å². The molecule has 0 aliphatic heterocycles. The summed E-state index contributed by atoms with van der Waals surface area (Å²) < 4.78 is 57.5. The number of imidazole rings is 1. The van der Waals surface area contributed by atoms with E-state index in [0.717, 1.165) is 30.2 Å². The predicted molar refractivity (Wildman–Crippen MR) is 135 cm³/mol. The van der Waals surface area contributed by atoms with Gasteiger partial charge in [-0.3, -0.25) is 4.79 Å². The highest BCUT2D eigenvalue weighted by Gasteiger charge is 2.36. The van der Waals surface area contributed by atoms with E-state index in [1.54, 1.807) is 6.07 Å². The topological polar surface area (TPSA) is 121 Å². The molecule has 1 aromatic carbocycles. The molecular formula is C25H36F2N5O3S+. The molecule has 0 saturated heterocycles. The second kappa shape index (κ2) is 10.7. The van der Waals surface area contributed by atoms with Crippen LogP contribution in [0.1, 0.15) is 65.6 Å². The van der Waals surface area contributed by atoms with Crippen LogP contribution < -0.4 is 15.4 Å². The van der Waals surface area contributed by atoms with E-state index < -0.39 is 21.9 Å². The molecule has 4 N–H and O–H groups in total. The maximum atomic E-state index is 13.7. The van der Waals surface area contributed by atoms with E-state index >= 15 is 0 Å². The number of alkyl halides is 2. The highest BCUT2D eigenvalue weighted by molar-refractivity contribution is 7.84. The molecule has 0 bridgehead atoms. The number of sulfonamides is 1. The second-order valence-electron chi connectivity index (χ2n) is 10.4. The van der Waals surface area contributed by atoms with Gasteiger partial charge in [-0.2, -0.15) is 8.42 Å². The van der Waals surface area contributed by atoms with Gasteiger partial charge in [0.05, 0.1) is 11.0 Å². The SMILES string of the molecule is CCCNC(=O)C(C=[NH+]S(=O)(=O)c1ccc2c(c1)nc(C(C)(C)C)n2CC1CCC(F)(F)CC1)=CN. The molecule has 0 unspecified atom stereocenters. The minimum atomic E-state index is -4.00. The number of nitrogens with zero attached hydrogens (tertiary/aromatic N) is 2. The molecule has 0 radical (unpaired) electrons. The zero-order chi connectivity index (χ0) is 26.7. The smallest absolute Gasteiger partial charge is 0.393 e. The highest BCUT2D eigenvalue weighted by Crippen LogP contribution is 2.38. The van der Waals surface area contributed by atoms with E-state index in [-0.39, 0.29) is 34.6 Å². The first-order chi connectivity index (χ1) is 16.8. The van der Waals surface area contributed by atoms with E-state index in [1.165, 1.54) is 12.1 Å². The summed E-state index contributed by atoms with van der Waals surface area (Å²) >= 11 is 0. The van der Waals surface area contributed by atoms with Gasteiger partial charge in [-0.15, -0.1) is 4.40 Å². The number of nitrogens with one attached hydrogen (secondary N) is 2. The highest BCUT2D eigenvalue weighted by atomic mass is 32.2. The van der Waals surface area contributed by atoms with Crippen molar-refractivity contribution in [2.45, 2.75) is 82.6 Å². The van der Waals surface area contributed by atoms with Crippen LogP contribution in [0.25, 0.3) is 11.0 Å². The quantitative estimate of drug-likeness (QED) is 0.362. The summed E-state index contributed by atoms with van der Waals surface area (Å²) in [5, 5.41) is 2.64. The van der Waals surface area contributed by atoms with Crippen molar-refractivity contribution in [3.05, 3.63) is 35.8 Å². The number of carbonyl (C=O) groups excluding carboxylic acids is 1. The number of fused-ring (bicyclic) bond motifs is 1. The van der Waals surface area contributed by atoms with E-state index in [4.69, 9.17) is 10.7 Å². The van der Waals surface area contributed by atoms with Crippen LogP contribution in [0.2, 0.25) is 0 Å². The number of carbonyl (C=O) groups is 1. The van der Waals surface area contributed by atoms with Crippen molar-refractivity contribution >= 4 is 33.2 Å². The molecule has 1 fully saturated rings. The molecule has 2 aromatic rings. The van der Waals surface area contributed by atoms with Gasteiger partial charge in [0.1, 0.15) is 16.3 Å². The van der Waals surface area contributed by atoms with Gasteiger partial charge in [0.15, 0.2) is 6.21 Å². The van der Waals surface area contributed by atoms with Gasteiger partial charge < -0.3 is 15.6 Å². The molecular weight excluding hydrogens is 488 g/mol. The number of halogens is 2. The molecule has 3 rings (SSSR count). The summed E-state index contributed by atoms with van der Waals surface area (Å²) in [5.41, 5.74) is 6.40. The molecule has 1 aliphatic carbocycles. The summed E-state index contributed by atoms with van der Waals surface area (Å²) in [6.07, 6.45) is 3.46. The van der Waals surface area contributed by atoms with E-state index in [1.807, 2.05) is 32.3 Å². The lowest BCUT2D eigenvalue weighted by molar-refractivity contribution is -0.260. The van der Waals surface area contributed by atoms with E-state index in [0.29, 0.717) is 31.4 Å². The lowest BCUT2D eigenvalue weighted by atomic mass is 9.86. The first-order valence-corrected chi connectivity index (χ1v) is 13.7. The van der Waals surface area contributed by atoms with Crippen molar-refractivity contribution in [2.75, 3.05) is 6.54 Å². The van der Waals surface area contributed by atoms with Gasteiger partial charge >= 0.3 is 10.0 Å². The first-order valence-electron chi connectivity index (χ1n) is 12.2. The van der Waals surface area contributed by atoms with Crippen LogP contribution >= 0.6 is 0 Å². The molecule has 1 aliphatic rings. The Morgan fingerprint density at radius 3 is 2.56 bits per heavy atom. The zero-order valence-corrected chi connectivity index (χ0v) is 22.1. The Morgan fingerprint density at radius 1 is 1.31 bits per heavy atom. The van der Waals surface area contributed by atoms with Crippen molar-refractivity contribution in [3.63, 3.8) is 0 Å². The van der Waals surface area contributed by atoms with Gasteiger partial charge in [-0.05, 0) is 43.4 Å². The number of benzene rings is 1. The Bertz CT molecular complexity index is 1270. The monoisotopic (exact) mass is 524 g/mol. The fraction of sp³-hybridized carbons (Fsp3) is 0.560. The standard InChI is InChI=1S/C25H35F2N5O3S/c1-5-12-29-22(33)18(14-28)15-30-36(34,35)19-6-7-21-20(13-19)31-23(24(2,3)4)32(21)16-17-8-10-25(26,27)11-9-17/h6-7,13-15,17H,5,8-12,16,28H2,1-4H3,(H,29,33)/p+1. The molecule has 0 spiro atoms.